The molecule has 1 aliphatic heterocycles. The number of rotatable bonds is 2. The van der Waals surface area contributed by atoms with E-state index in [9.17, 15) is 4.39 Å². The number of nitrogen functional groups attached to an aromatic ring is 1. The minimum absolute atomic E-state index is 0.334. The molecule has 0 radical (unpaired) electrons. The number of pyridine rings is 1. The van der Waals surface area contributed by atoms with Gasteiger partial charge in [0.15, 0.2) is 0 Å². The Labute approximate surface area is 113 Å². The van der Waals surface area contributed by atoms with Crippen LogP contribution in [-0.4, -0.2) is 23.3 Å². The van der Waals surface area contributed by atoms with Crippen molar-refractivity contribution < 1.29 is 13.7 Å². The van der Waals surface area contributed by atoms with Crippen LogP contribution in [0.2, 0.25) is 0 Å². The molecule has 0 atom stereocenters. The monoisotopic (exact) mass is 264 g/mol. The van der Waals surface area contributed by atoms with Crippen molar-refractivity contribution in [2.45, 2.75) is 38.9 Å². The molecule has 0 aliphatic carbocycles. The Balaban J connectivity index is 2.13. The summed E-state index contributed by atoms with van der Waals surface area (Å²) in [6, 6.07) is 1.18. The number of nitrogens with zero attached hydrogens (tertiary/aromatic N) is 1. The SMILES string of the molecule is CC1(C)OB(/C=C/c2cnc(F)cc2N)OC1(C)C. The Kier molecular flexibility index (Phi) is 3.41. The van der Waals surface area contributed by atoms with Gasteiger partial charge in [-0.15, -0.1) is 0 Å². The van der Waals surface area contributed by atoms with Crippen molar-refractivity contribution in [3.8, 4) is 0 Å². The van der Waals surface area contributed by atoms with E-state index in [0.29, 0.717) is 11.3 Å². The van der Waals surface area contributed by atoms with Crippen LogP contribution < -0.4 is 5.73 Å². The lowest BCUT2D eigenvalue weighted by Crippen LogP contribution is -2.41. The molecule has 1 aliphatic rings. The second kappa shape index (κ2) is 4.61. The Morgan fingerprint density at radius 3 is 2.37 bits per heavy atom. The predicted octanol–water partition coefficient (Wildman–Crippen LogP) is 2.45. The zero-order chi connectivity index (χ0) is 14.3. The first-order valence-electron chi connectivity index (χ1n) is 6.16. The zero-order valence-corrected chi connectivity index (χ0v) is 11.6. The molecule has 2 rings (SSSR count). The summed E-state index contributed by atoms with van der Waals surface area (Å²) in [5.74, 6) is 1.16. The summed E-state index contributed by atoms with van der Waals surface area (Å²) in [7, 11) is -0.450. The highest BCUT2D eigenvalue weighted by Crippen LogP contribution is 2.37. The predicted molar refractivity (Wildman–Crippen MR) is 73.7 cm³/mol. The van der Waals surface area contributed by atoms with E-state index in [1.807, 2.05) is 27.7 Å². The minimum Gasteiger partial charge on any atom is -0.400 e. The molecule has 0 saturated carbocycles. The van der Waals surface area contributed by atoms with Crippen LogP contribution in [0.4, 0.5) is 10.1 Å². The molecule has 1 aromatic rings. The first kappa shape index (κ1) is 14.0. The smallest absolute Gasteiger partial charge is 0.400 e. The van der Waals surface area contributed by atoms with E-state index in [0.717, 1.165) is 0 Å². The number of anilines is 1. The van der Waals surface area contributed by atoms with E-state index in [2.05, 4.69) is 4.98 Å². The molecule has 1 fully saturated rings. The Morgan fingerprint density at radius 2 is 1.84 bits per heavy atom. The van der Waals surface area contributed by atoms with Gasteiger partial charge in [0.25, 0.3) is 0 Å². The fraction of sp³-hybridized carbons (Fsp3) is 0.462. The Hall–Kier alpha value is -1.40. The van der Waals surface area contributed by atoms with Crippen LogP contribution in [0.5, 0.6) is 0 Å². The van der Waals surface area contributed by atoms with Crippen LogP contribution in [0, 0.1) is 5.95 Å². The van der Waals surface area contributed by atoms with Crippen molar-refractivity contribution in [2.75, 3.05) is 5.73 Å². The van der Waals surface area contributed by atoms with Gasteiger partial charge in [0.2, 0.25) is 5.95 Å². The molecular formula is C13H18BFN2O2. The van der Waals surface area contributed by atoms with Gasteiger partial charge >= 0.3 is 7.12 Å². The van der Waals surface area contributed by atoms with Crippen molar-refractivity contribution in [1.82, 2.24) is 4.98 Å². The van der Waals surface area contributed by atoms with E-state index in [1.165, 1.54) is 12.3 Å². The third-order valence-corrected chi connectivity index (χ3v) is 3.64. The summed E-state index contributed by atoms with van der Waals surface area (Å²) in [5.41, 5.74) is 5.91. The van der Waals surface area contributed by atoms with Crippen LogP contribution >= 0.6 is 0 Å². The van der Waals surface area contributed by atoms with E-state index < -0.39 is 13.1 Å². The lowest BCUT2D eigenvalue weighted by molar-refractivity contribution is 0.00578. The van der Waals surface area contributed by atoms with Gasteiger partial charge in [-0.25, -0.2) is 4.98 Å². The molecule has 0 amide bonds. The Morgan fingerprint density at radius 1 is 1.26 bits per heavy atom. The van der Waals surface area contributed by atoms with Crippen molar-refractivity contribution >= 4 is 18.9 Å². The van der Waals surface area contributed by atoms with Gasteiger partial charge in [-0.1, -0.05) is 12.1 Å². The van der Waals surface area contributed by atoms with Gasteiger partial charge in [0.1, 0.15) is 0 Å². The zero-order valence-electron chi connectivity index (χ0n) is 11.6. The van der Waals surface area contributed by atoms with E-state index in [1.54, 1.807) is 12.1 Å². The highest BCUT2D eigenvalue weighted by atomic mass is 19.1. The Bertz CT molecular complexity index is 501. The number of hydrogen-bond donors (Lipinski definition) is 1. The topological polar surface area (TPSA) is 57.4 Å². The average molecular weight is 264 g/mol. The molecule has 1 aromatic heterocycles. The standard InChI is InChI=1S/C13H18BFN2O2/c1-12(2)13(3,4)19-14(18-12)6-5-9-8-17-11(15)7-10(9)16/h5-8H,1-4H3,(H2,16,17)/b6-5+. The fourth-order valence-corrected chi connectivity index (χ4v) is 1.74. The third kappa shape index (κ3) is 2.79. The van der Waals surface area contributed by atoms with Gasteiger partial charge in [-0.2, -0.15) is 4.39 Å². The van der Waals surface area contributed by atoms with Crippen molar-refractivity contribution in [3.05, 3.63) is 29.7 Å². The average Bonchev–Trinajstić information content (AvgIpc) is 2.46. The summed E-state index contributed by atoms with van der Waals surface area (Å²) < 4.78 is 24.4. The van der Waals surface area contributed by atoms with Crippen LogP contribution in [0.1, 0.15) is 33.3 Å². The highest BCUT2D eigenvalue weighted by Gasteiger charge is 2.49. The fourth-order valence-electron chi connectivity index (χ4n) is 1.74. The molecule has 19 heavy (non-hydrogen) atoms. The second-order valence-electron chi connectivity index (χ2n) is 5.62. The largest absolute Gasteiger partial charge is 0.487 e. The summed E-state index contributed by atoms with van der Waals surface area (Å²) in [6.07, 6.45) is 3.11. The molecule has 0 spiro atoms. The number of aromatic nitrogens is 1. The first-order chi connectivity index (χ1) is 8.71. The maximum absolute atomic E-state index is 12.8. The summed E-state index contributed by atoms with van der Waals surface area (Å²) in [5, 5.41) is 0. The quantitative estimate of drug-likeness (QED) is 0.658. The maximum Gasteiger partial charge on any atom is 0.487 e. The van der Waals surface area contributed by atoms with Crippen LogP contribution in [-0.2, 0) is 9.31 Å². The van der Waals surface area contributed by atoms with Gasteiger partial charge in [-0.3, -0.25) is 0 Å². The maximum atomic E-state index is 12.8. The van der Waals surface area contributed by atoms with Gasteiger partial charge in [0.05, 0.1) is 11.2 Å². The summed E-state index contributed by atoms with van der Waals surface area (Å²) >= 11 is 0. The lowest BCUT2D eigenvalue weighted by Gasteiger charge is -2.32. The molecule has 2 heterocycles. The van der Waals surface area contributed by atoms with Crippen molar-refractivity contribution in [2.24, 2.45) is 0 Å². The normalized spacial score (nSPS) is 21.2. The molecule has 102 valence electrons. The van der Waals surface area contributed by atoms with E-state index in [-0.39, 0.29) is 11.2 Å². The van der Waals surface area contributed by atoms with Gasteiger partial charge in [0, 0.05) is 23.5 Å². The first-order valence-corrected chi connectivity index (χ1v) is 6.16. The molecule has 0 bridgehead atoms. The summed E-state index contributed by atoms with van der Waals surface area (Å²) in [4.78, 5) is 3.56. The van der Waals surface area contributed by atoms with Crippen molar-refractivity contribution in [1.29, 1.82) is 0 Å². The highest BCUT2D eigenvalue weighted by molar-refractivity contribution is 6.52. The van der Waals surface area contributed by atoms with Crippen LogP contribution in [0.3, 0.4) is 0 Å². The lowest BCUT2D eigenvalue weighted by atomic mass is 9.89. The molecular weight excluding hydrogens is 246 g/mol. The molecule has 1 saturated heterocycles. The number of nitrogens with two attached hydrogens (primary N) is 1. The second-order valence-corrected chi connectivity index (χ2v) is 5.62. The molecule has 0 unspecified atom stereocenters. The van der Waals surface area contributed by atoms with Crippen LogP contribution in [0.15, 0.2) is 18.2 Å². The molecule has 4 nitrogen and oxygen atoms in total. The minimum atomic E-state index is -0.592. The third-order valence-electron chi connectivity index (χ3n) is 3.64. The molecule has 6 heteroatoms. The molecule has 0 aromatic carbocycles. The van der Waals surface area contributed by atoms with Crippen molar-refractivity contribution in [3.63, 3.8) is 0 Å². The van der Waals surface area contributed by atoms with Gasteiger partial charge in [-0.05, 0) is 27.7 Å². The van der Waals surface area contributed by atoms with E-state index in [4.69, 9.17) is 15.0 Å². The summed E-state index contributed by atoms with van der Waals surface area (Å²) in [6.45, 7) is 7.92. The molecule has 2 N–H and O–H groups in total. The number of halogens is 1. The number of hydrogen-bond acceptors (Lipinski definition) is 4. The van der Waals surface area contributed by atoms with E-state index >= 15 is 0 Å². The van der Waals surface area contributed by atoms with Crippen LogP contribution in [0.25, 0.3) is 6.08 Å². The van der Waals surface area contributed by atoms with Gasteiger partial charge < -0.3 is 15.0 Å².